The van der Waals surface area contributed by atoms with E-state index in [0.29, 0.717) is 28.3 Å². The number of ether oxygens (including phenoxy) is 1. The van der Waals surface area contributed by atoms with Gasteiger partial charge in [0.1, 0.15) is 11.6 Å². The van der Waals surface area contributed by atoms with Crippen LogP contribution in [-0.4, -0.2) is 26.5 Å². The molecule has 0 bridgehead atoms. The summed E-state index contributed by atoms with van der Waals surface area (Å²) in [7, 11) is 0. The molecule has 0 aliphatic carbocycles. The SMILES string of the molecule is CCc1nn2c(=O)cc(COC(=O)c3ccc(NC(=O)C(CC)CC)cc3)nc2s1. The summed E-state index contributed by atoms with van der Waals surface area (Å²) in [5.74, 6) is -0.596. The second kappa shape index (κ2) is 9.62. The van der Waals surface area contributed by atoms with Gasteiger partial charge in [0.25, 0.3) is 5.56 Å². The molecular weight excluding hydrogens is 404 g/mol. The number of hydrogen-bond acceptors (Lipinski definition) is 7. The van der Waals surface area contributed by atoms with E-state index in [2.05, 4.69) is 15.4 Å². The molecule has 2 heterocycles. The van der Waals surface area contributed by atoms with Crippen LogP contribution < -0.4 is 10.9 Å². The molecule has 0 atom stereocenters. The van der Waals surface area contributed by atoms with Crippen LogP contribution in [-0.2, 0) is 22.6 Å². The summed E-state index contributed by atoms with van der Waals surface area (Å²) in [5, 5.41) is 7.85. The van der Waals surface area contributed by atoms with E-state index in [0.717, 1.165) is 17.8 Å². The number of benzene rings is 1. The lowest BCUT2D eigenvalue weighted by Crippen LogP contribution is -2.21. The van der Waals surface area contributed by atoms with Gasteiger partial charge in [-0.3, -0.25) is 9.59 Å². The third-order valence-electron chi connectivity index (χ3n) is 4.74. The minimum Gasteiger partial charge on any atom is -0.456 e. The molecule has 0 spiro atoms. The Morgan fingerprint density at radius 3 is 2.50 bits per heavy atom. The first-order chi connectivity index (χ1) is 14.4. The monoisotopic (exact) mass is 428 g/mol. The van der Waals surface area contributed by atoms with E-state index < -0.39 is 5.97 Å². The number of fused-ring (bicyclic) bond motifs is 1. The van der Waals surface area contributed by atoms with Crippen LogP contribution in [0.5, 0.6) is 0 Å². The average molecular weight is 429 g/mol. The number of rotatable bonds is 8. The minimum absolute atomic E-state index is 0.0302. The molecule has 0 aliphatic rings. The molecule has 3 rings (SSSR count). The molecular formula is C21H24N4O4S. The molecule has 0 aliphatic heterocycles. The van der Waals surface area contributed by atoms with Crippen molar-refractivity contribution in [2.45, 2.75) is 46.6 Å². The summed E-state index contributed by atoms with van der Waals surface area (Å²) >= 11 is 1.33. The molecule has 9 heteroatoms. The molecule has 1 aromatic carbocycles. The van der Waals surface area contributed by atoms with Crippen molar-refractivity contribution in [3.8, 4) is 0 Å². The van der Waals surface area contributed by atoms with E-state index in [9.17, 15) is 14.4 Å². The van der Waals surface area contributed by atoms with Gasteiger partial charge in [-0.25, -0.2) is 9.78 Å². The Bertz CT molecular complexity index is 1100. The quantitative estimate of drug-likeness (QED) is 0.551. The highest BCUT2D eigenvalue weighted by Crippen LogP contribution is 2.16. The number of anilines is 1. The number of aryl methyl sites for hydroxylation is 1. The predicted octanol–water partition coefficient (Wildman–Crippen LogP) is 3.45. The average Bonchev–Trinajstić information content (AvgIpc) is 3.17. The molecule has 1 N–H and O–H groups in total. The molecule has 30 heavy (non-hydrogen) atoms. The Morgan fingerprint density at radius 1 is 1.17 bits per heavy atom. The van der Waals surface area contributed by atoms with Gasteiger partial charge in [-0.15, -0.1) is 0 Å². The second-order valence-corrected chi connectivity index (χ2v) is 7.83. The fraction of sp³-hybridized carbons (Fsp3) is 0.381. The Morgan fingerprint density at radius 2 is 1.87 bits per heavy atom. The second-order valence-electron chi connectivity index (χ2n) is 6.79. The van der Waals surface area contributed by atoms with Gasteiger partial charge >= 0.3 is 5.97 Å². The maximum Gasteiger partial charge on any atom is 0.338 e. The summed E-state index contributed by atoms with van der Waals surface area (Å²) in [6.45, 7) is 5.79. The largest absolute Gasteiger partial charge is 0.456 e. The Kier molecular flexibility index (Phi) is 6.94. The summed E-state index contributed by atoms with van der Waals surface area (Å²) in [4.78, 5) is 41.4. The lowest BCUT2D eigenvalue weighted by Gasteiger charge is -2.13. The molecule has 2 aromatic heterocycles. The van der Waals surface area contributed by atoms with Crippen LogP contribution in [0.1, 0.15) is 54.7 Å². The fourth-order valence-corrected chi connectivity index (χ4v) is 3.79. The summed E-state index contributed by atoms with van der Waals surface area (Å²) < 4.78 is 6.55. The molecule has 8 nitrogen and oxygen atoms in total. The Labute approximate surface area is 177 Å². The van der Waals surface area contributed by atoms with Crippen LogP contribution in [0.15, 0.2) is 35.1 Å². The van der Waals surface area contributed by atoms with E-state index in [1.165, 1.54) is 21.9 Å². The van der Waals surface area contributed by atoms with Gasteiger partial charge in [0.05, 0.1) is 11.3 Å². The minimum atomic E-state index is -0.534. The first-order valence-electron chi connectivity index (χ1n) is 9.91. The van der Waals surface area contributed by atoms with E-state index in [-0.39, 0.29) is 24.0 Å². The van der Waals surface area contributed by atoms with Crippen molar-refractivity contribution in [1.82, 2.24) is 14.6 Å². The Balaban J connectivity index is 1.63. The topological polar surface area (TPSA) is 103 Å². The van der Waals surface area contributed by atoms with Crippen molar-refractivity contribution in [2.75, 3.05) is 5.32 Å². The molecule has 0 saturated heterocycles. The van der Waals surface area contributed by atoms with Crippen molar-refractivity contribution < 1.29 is 14.3 Å². The molecule has 3 aromatic rings. The summed E-state index contributed by atoms with van der Waals surface area (Å²) in [6.07, 6.45) is 2.26. The van der Waals surface area contributed by atoms with Gasteiger partial charge in [0, 0.05) is 17.7 Å². The highest BCUT2D eigenvalue weighted by atomic mass is 32.1. The molecule has 0 radical (unpaired) electrons. The van der Waals surface area contributed by atoms with Gasteiger partial charge in [-0.2, -0.15) is 9.61 Å². The maximum atomic E-state index is 12.3. The zero-order valence-corrected chi connectivity index (χ0v) is 18.0. The van der Waals surface area contributed by atoms with Crippen LogP contribution in [0.2, 0.25) is 0 Å². The van der Waals surface area contributed by atoms with E-state index in [4.69, 9.17) is 4.74 Å². The van der Waals surface area contributed by atoms with Crippen molar-refractivity contribution in [3.05, 3.63) is 57.0 Å². The summed E-state index contributed by atoms with van der Waals surface area (Å²) in [5.41, 5.74) is 1.04. The fourth-order valence-electron chi connectivity index (χ4n) is 2.93. The number of nitrogens with one attached hydrogen (secondary N) is 1. The smallest absolute Gasteiger partial charge is 0.338 e. The highest BCUT2D eigenvalue weighted by molar-refractivity contribution is 7.16. The van der Waals surface area contributed by atoms with Crippen LogP contribution in [0.25, 0.3) is 4.96 Å². The first kappa shape index (κ1) is 21.6. The molecule has 0 saturated carbocycles. The van der Waals surface area contributed by atoms with Crippen LogP contribution in [0.4, 0.5) is 5.69 Å². The van der Waals surface area contributed by atoms with Crippen molar-refractivity contribution >= 4 is 33.9 Å². The molecule has 0 fully saturated rings. The van der Waals surface area contributed by atoms with Crippen molar-refractivity contribution in [3.63, 3.8) is 0 Å². The zero-order chi connectivity index (χ0) is 21.7. The number of hydrogen-bond donors (Lipinski definition) is 1. The number of carbonyl (C=O) groups is 2. The van der Waals surface area contributed by atoms with Gasteiger partial charge < -0.3 is 10.1 Å². The zero-order valence-electron chi connectivity index (χ0n) is 17.2. The molecule has 158 valence electrons. The summed E-state index contributed by atoms with van der Waals surface area (Å²) in [6, 6.07) is 7.82. The maximum absolute atomic E-state index is 12.3. The normalized spacial score (nSPS) is 11.1. The number of aromatic nitrogens is 3. The number of esters is 1. The van der Waals surface area contributed by atoms with E-state index in [1.54, 1.807) is 24.3 Å². The van der Waals surface area contributed by atoms with Crippen molar-refractivity contribution in [2.24, 2.45) is 5.92 Å². The standard InChI is InChI=1S/C21H24N4O4S/c1-4-13(5-2)19(27)22-15-9-7-14(8-10-15)20(28)29-12-16-11-18(26)25-21(23-16)30-17(6-3)24-25/h7-11,13H,4-6,12H2,1-3H3,(H,22,27). The van der Waals surface area contributed by atoms with Crippen LogP contribution >= 0.6 is 11.3 Å². The first-order valence-corrected chi connectivity index (χ1v) is 10.7. The Hall–Kier alpha value is -3.07. The van der Waals surface area contributed by atoms with E-state index >= 15 is 0 Å². The van der Waals surface area contributed by atoms with Crippen LogP contribution in [0.3, 0.4) is 0 Å². The lowest BCUT2D eigenvalue weighted by atomic mass is 10.0. The van der Waals surface area contributed by atoms with Crippen LogP contribution in [0, 0.1) is 5.92 Å². The van der Waals surface area contributed by atoms with Crippen molar-refractivity contribution in [1.29, 1.82) is 0 Å². The molecule has 0 unspecified atom stereocenters. The lowest BCUT2D eigenvalue weighted by molar-refractivity contribution is -0.120. The number of nitrogens with zero attached hydrogens (tertiary/aromatic N) is 3. The number of carbonyl (C=O) groups excluding carboxylic acids is 2. The van der Waals surface area contributed by atoms with Gasteiger partial charge in [0.15, 0.2) is 0 Å². The third-order valence-corrected chi connectivity index (χ3v) is 5.79. The number of amides is 1. The van der Waals surface area contributed by atoms with E-state index in [1.807, 2.05) is 20.8 Å². The molecule has 1 amide bonds. The van der Waals surface area contributed by atoms with Gasteiger partial charge in [-0.05, 0) is 43.5 Å². The highest BCUT2D eigenvalue weighted by Gasteiger charge is 2.15. The predicted molar refractivity (Wildman–Crippen MR) is 115 cm³/mol. The third kappa shape index (κ3) is 4.91. The van der Waals surface area contributed by atoms with Gasteiger partial charge in [-0.1, -0.05) is 32.1 Å². The van der Waals surface area contributed by atoms with Gasteiger partial charge in [0.2, 0.25) is 10.9 Å².